The van der Waals surface area contributed by atoms with Gasteiger partial charge in [-0.25, -0.2) is 0 Å². The maximum atomic E-state index is 6.55. The van der Waals surface area contributed by atoms with Gasteiger partial charge in [-0.05, 0) is 61.1 Å². The molecule has 2 aliphatic rings. The largest absolute Gasteiger partial charge is 0.324 e. The monoisotopic (exact) mass is 258 g/mol. The molecule has 1 aromatic heterocycles. The Kier molecular flexibility index (Phi) is 3.88. The molecule has 2 fully saturated rings. The maximum Gasteiger partial charge on any atom is 0.0341 e. The van der Waals surface area contributed by atoms with Gasteiger partial charge >= 0.3 is 0 Å². The summed E-state index contributed by atoms with van der Waals surface area (Å²) in [7, 11) is 0. The lowest BCUT2D eigenvalue weighted by Crippen LogP contribution is -2.33. The van der Waals surface area contributed by atoms with Crippen LogP contribution in [0, 0.1) is 24.7 Å². The Labute approximate surface area is 116 Å². The highest BCUT2D eigenvalue weighted by atomic mass is 14.7. The summed E-state index contributed by atoms with van der Waals surface area (Å²) in [6.45, 7) is 2.16. The zero-order valence-electron chi connectivity index (χ0n) is 12.0. The van der Waals surface area contributed by atoms with Gasteiger partial charge in [0.05, 0.1) is 0 Å². The van der Waals surface area contributed by atoms with Crippen molar-refractivity contribution in [2.45, 2.75) is 57.9 Å². The Bertz CT molecular complexity index is 429. The summed E-state index contributed by atoms with van der Waals surface area (Å²) >= 11 is 0. The van der Waals surface area contributed by atoms with Gasteiger partial charge in [0.1, 0.15) is 0 Å². The Balaban J connectivity index is 1.71. The van der Waals surface area contributed by atoms with Crippen molar-refractivity contribution in [1.82, 2.24) is 4.98 Å². The van der Waals surface area contributed by atoms with Crippen molar-refractivity contribution in [3.63, 3.8) is 0 Å². The Morgan fingerprint density at radius 2 is 1.95 bits per heavy atom. The average Bonchev–Trinajstić information content (AvgIpc) is 2.46. The zero-order valence-corrected chi connectivity index (χ0v) is 12.0. The molecule has 0 saturated heterocycles. The molecule has 0 amide bonds. The van der Waals surface area contributed by atoms with E-state index in [1.807, 2.05) is 12.4 Å². The molecule has 1 aromatic rings. The van der Waals surface area contributed by atoms with Crippen LogP contribution in [-0.2, 0) is 0 Å². The minimum absolute atomic E-state index is 0.191. The predicted molar refractivity (Wildman–Crippen MR) is 78.7 cm³/mol. The number of hydrogen-bond donors (Lipinski definition) is 1. The first kappa shape index (κ1) is 13.1. The molecule has 4 atom stereocenters. The van der Waals surface area contributed by atoms with Crippen molar-refractivity contribution in [2.24, 2.45) is 23.5 Å². The van der Waals surface area contributed by atoms with E-state index in [2.05, 4.69) is 18.0 Å². The second kappa shape index (κ2) is 5.62. The molecule has 1 heterocycles. The van der Waals surface area contributed by atoms with E-state index in [1.54, 1.807) is 0 Å². The van der Waals surface area contributed by atoms with E-state index in [1.165, 1.54) is 56.1 Å². The molecule has 0 aliphatic heterocycles. The van der Waals surface area contributed by atoms with Gasteiger partial charge in [-0.1, -0.05) is 25.7 Å². The third-order valence-corrected chi connectivity index (χ3v) is 5.53. The van der Waals surface area contributed by atoms with E-state index in [-0.39, 0.29) is 6.04 Å². The molecule has 0 radical (unpaired) electrons. The smallest absolute Gasteiger partial charge is 0.0341 e. The lowest BCUT2D eigenvalue weighted by atomic mass is 9.65. The van der Waals surface area contributed by atoms with Crippen LogP contribution in [0.1, 0.15) is 62.1 Å². The van der Waals surface area contributed by atoms with Gasteiger partial charge < -0.3 is 5.73 Å². The molecule has 2 N–H and O–H groups in total. The van der Waals surface area contributed by atoms with Crippen LogP contribution >= 0.6 is 0 Å². The fourth-order valence-electron chi connectivity index (χ4n) is 4.31. The highest BCUT2D eigenvalue weighted by molar-refractivity contribution is 5.25. The minimum Gasteiger partial charge on any atom is -0.324 e. The summed E-state index contributed by atoms with van der Waals surface area (Å²) in [5, 5.41) is 0. The van der Waals surface area contributed by atoms with Gasteiger partial charge in [0.25, 0.3) is 0 Å². The molecule has 4 unspecified atom stereocenters. The van der Waals surface area contributed by atoms with E-state index in [4.69, 9.17) is 5.73 Å². The first-order valence-corrected chi connectivity index (χ1v) is 7.92. The lowest BCUT2D eigenvalue weighted by molar-refractivity contribution is 0.117. The number of hydrogen-bond acceptors (Lipinski definition) is 2. The number of pyridine rings is 1. The van der Waals surface area contributed by atoms with Gasteiger partial charge in [-0.3, -0.25) is 4.98 Å². The summed E-state index contributed by atoms with van der Waals surface area (Å²) in [5.74, 6) is 2.63. The van der Waals surface area contributed by atoms with E-state index in [0.717, 1.165) is 11.8 Å². The molecular formula is C17H26N2. The number of nitrogens with zero attached hydrogens (tertiary/aromatic N) is 1. The first-order chi connectivity index (χ1) is 9.25. The van der Waals surface area contributed by atoms with Crippen LogP contribution in [0.2, 0.25) is 0 Å². The molecule has 0 bridgehead atoms. The van der Waals surface area contributed by atoms with Crippen molar-refractivity contribution in [1.29, 1.82) is 0 Å². The standard InChI is InChI=1S/C17H26N2/c1-12-8-9-19-11-16(12)17(18)15-7-6-13-4-2-3-5-14(13)10-15/h8-9,11,13-15,17H,2-7,10,18H2,1H3. The first-order valence-electron chi connectivity index (χ1n) is 7.92. The van der Waals surface area contributed by atoms with Crippen LogP contribution in [0.4, 0.5) is 0 Å². The van der Waals surface area contributed by atoms with Gasteiger partial charge in [0.2, 0.25) is 0 Å². The SMILES string of the molecule is Cc1ccncc1C(N)C1CCC2CCCCC2C1. The molecule has 0 spiro atoms. The average molecular weight is 258 g/mol. The number of aromatic nitrogens is 1. The minimum atomic E-state index is 0.191. The summed E-state index contributed by atoms with van der Waals surface area (Å²) < 4.78 is 0. The molecule has 2 saturated carbocycles. The van der Waals surface area contributed by atoms with E-state index < -0.39 is 0 Å². The van der Waals surface area contributed by atoms with Gasteiger partial charge in [-0.2, -0.15) is 0 Å². The normalized spacial score (nSPS) is 32.6. The zero-order chi connectivity index (χ0) is 13.2. The fourth-order valence-corrected chi connectivity index (χ4v) is 4.31. The van der Waals surface area contributed by atoms with Gasteiger partial charge in [-0.15, -0.1) is 0 Å². The van der Waals surface area contributed by atoms with Crippen molar-refractivity contribution < 1.29 is 0 Å². The molecule has 2 heteroatoms. The number of aryl methyl sites for hydroxylation is 1. The highest BCUT2D eigenvalue weighted by Gasteiger charge is 2.35. The summed E-state index contributed by atoms with van der Waals surface area (Å²) in [4.78, 5) is 4.26. The summed E-state index contributed by atoms with van der Waals surface area (Å²) in [5.41, 5.74) is 9.12. The van der Waals surface area contributed by atoms with Crippen molar-refractivity contribution in [2.75, 3.05) is 0 Å². The molecule has 0 aromatic carbocycles. The summed E-state index contributed by atoms with van der Waals surface area (Å²) in [6, 6.07) is 2.28. The van der Waals surface area contributed by atoms with E-state index in [9.17, 15) is 0 Å². The number of fused-ring (bicyclic) bond motifs is 1. The van der Waals surface area contributed by atoms with Crippen molar-refractivity contribution >= 4 is 0 Å². The second-order valence-electron chi connectivity index (χ2n) is 6.64. The maximum absolute atomic E-state index is 6.55. The van der Waals surface area contributed by atoms with Crippen LogP contribution in [0.3, 0.4) is 0 Å². The molecule has 3 rings (SSSR count). The van der Waals surface area contributed by atoms with Crippen LogP contribution in [-0.4, -0.2) is 4.98 Å². The van der Waals surface area contributed by atoms with Crippen LogP contribution < -0.4 is 5.73 Å². The number of nitrogens with two attached hydrogens (primary N) is 1. The fraction of sp³-hybridized carbons (Fsp3) is 0.706. The van der Waals surface area contributed by atoms with Crippen molar-refractivity contribution in [3.8, 4) is 0 Å². The third-order valence-electron chi connectivity index (χ3n) is 5.53. The van der Waals surface area contributed by atoms with Crippen molar-refractivity contribution in [3.05, 3.63) is 29.6 Å². The topological polar surface area (TPSA) is 38.9 Å². The Morgan fingerprint density at radius 1 is 1.16 bits per heavy atom. The van der Waals surface area contributed by atoms with Crippen LogP contribution in [0.15, 0.2) is 18.5 Å². The van der Waals surface area contributed by atoms with Gasteiger partial charge in [0.15, 0.2) is 0 Å². The number of rotatable bonds is 2. The lowest BCUT2D eigenvalue weighted by Gasteiger charge is -2.41. The predicted octanol–water partition coefficient (Wildman–Crippen LogP) is 4.00. The Morgan fingerprint density at radius 3 is 2.74 bits per heavy atom. The third kappa shape index (κ3) is 2.69. The highest BCUT2D eigenvalue weighted by Crippen LogP contribution is 2.45. The molecule has 2 nitrogen and oxygen atoms in total. The van der Waals surface area contributed by atoms with Gasteiger partial charge in [0, 0.05) is 18.4 Å². The van der Waals surface area contributed by atoms with Crippen LogP contribution in [0.25, 0.3) is 0 Å². The summed E-state index contributed by atoms with van der Waals surface area (Å²) in [6.07, 6.45) is 13.7. The molecule has 104 valence electrons. The van der Waals surface area contributed by atoms with E-state index >= 15 is 0 Å². The molecule has 19 heavy (non-hydrogen) atoms. The Hall–Kier alpha value is -0.890. The van der Waals surface area contributed by atoms with E-state index in [0.29, 0.717) is 5.92 Å². The van der Waals surface area contributed by atoms with Crippen LogP contribution in [0.5, 0.6) is 0 Å². The molecule has 2 aliphatic carbocycles. The quantitative estimate of drug-likeness (QED) is 0.871. The molecular weight excluding hydrogens is 232 g/mol. The second-order valence-corrected chi connectivity index (χ2v) is 6.64.